The van der Waals surface area contributed by atoms with Crippen LogP contribution in [0.3, 0.4) is 0 Å². The van der Waals surface area contributed by atoms with E-state index >= 15 is 0 Å². The lowest BCUT2D eigenvalue weighted by atomic mass is 9.72. The second-order valence-electron chi connectivity index (χ2n) is 6.61. The van der Waals surface area contributed by atoms with E-state index in [4.69, 9.17) is 9.47 Å². The van der Waals surface area contributed by atoms with E-state index in [1.54, 1.807) is 32.4 Å². The van der Waals surface area contributed by atoms with Crippen LogP contribution >= 0.6 is 0 Å². The van der Waals surface area contributed by atoms with Crippen molar-refractivity contribution in [2.24, 2.45) is 5.41 Å². The van der Waals surface area contributed by atoms with Gasteiger partial charge in [0.1, 0.15) is 0 Å². The first-order chi connectivity index (χ1) is 11.1. The topological polar surface area (TPSA) is 59.0 Å². The Hall–Kier alpha value is -1.75. The molecule has 3 atom stereocenters. The zero-order valence-electron chi connectivity index (χ0n) is 14.0. The van der Waals surface area contributed by atoms with E-state index in [-0.39, 0.29) is 30.0 Å². The molecule has 2 heterocycles. The molecule has 2 bridgehead atoms. The Bertz CT molecular complexity index is 597. The predicted octanol–water partition coefficient (Wildman–Crippen LogP) is 2.47. The summed E-state index contributed by atoms with van der Waals surface area (Å²) >= 11 is 0. The lowest BCUT2D eigenvalue weighted by Gasteiger charge is -2.34. The molecule has 1 aromatic rings. The third-order valence-electron chi connectivity index (χ3n) is 5.74. The van der Waals surface area contributed by atoms with Crippen molar-refractivity contribution in [2.45, 2.75) is 44.7 Å². The van der Waals surface area contributed by atoms with Gasteiger partial charge in [0.25, 0.3) is 5.91 Å². The molecule has 2 fully saturated rings. The first-order valence-electron chi connectivity index (χ1n) is 8.25. The Morgan fingerprint density at radius 2 is 2.04 bits per heavy atom. The summed E-state index contributed by atoms with van der Waals surface area (Å²) in [6.45, 7) is 2.26. The number of aliphatic hydroxyl groups excluding tert-OH is 1. The molecule has 2 aliphatic rings. The molecule has 0 spiro atoms. The highest BCUT2D eigenvalue weighted by molar-refractivity contribution is 5.96. The van der Waals surface area contributed by atoms with Gasteiger partial charge in [-0.05, 0) is 43.9 Å². The summed E-state index contributed by atoms with van der Waals surface area (Å²) in [5, 5.41) is 9.88. The molecule has 23 heavy (non-hydrogen) atoms. The maximum atomic E-state index is 13.0. The normalized spacial score (nSPS) is 29.0. The predicted molar refractivity (Wildman–Crippen MR) is 87.0 cm³/mol. The van der Waals surface area contributed by atoms with Crippen LogP contribution in [0.15, 0.2) is 18.2 Å². The van der Waals surface area contributed by atoms with E-state index in [0.717, 1.165) is 25.7 Å². The number of hydrogen-bond acceptors (Lipinski definition) is 4. The number of amides is 1. The van der Waals surface area contributed by atoms with Gasteiger partial charge in [0.15, 0.2) is 11.5 Å². The first-order valence-corrected chi connectivity index (χ1v) is 8.25. The summed E-state index contributed by atoms with van der Waals surface area (Å²) in [5.41, 5.74) is 0.485. The molecule has 5 heteroatoms. The molecule has 1 amide bonds. The summed E-state index contributed by atoms with van der Waals surface area (Å²) in [6, 6.07) is 5.68. The average molecular weight is 319 g/mol. The van der Waals surface area contributed by atoms with E-state index in [1.807, 2.05) is 4.90 Å². The van der Waals surface area contributed by atoms with Crippen LogP contribution in [0.5, 0.6) is 11.5 Å². The Labute approximate surface area is 137 Å². The fourth-order valence-electron chi connectivity index (χ4n) is 4.38. The molecule has 0 aromatic heterocycles. The fourth-order valence-corrected chi connectivity index (χ4v) is 4.38. The van der Waals surface area contributed by atoms with E-state index < -0.39 is 0 Å². The molecule has 2 aliphatic heterocycles. The standard InChI is InChI=1S/C18H25NO4/c1-4-18(11-20)10-13-6-8-16(18)19(13)17(21)12-5-7-14(22-2)15(9-12)23-3/h5,7,9,13,16,20H,4,6,8,10-11H2,1-3H3/t13-,16+,18-/m0/s1. The van der Waals surface area contributed by atoms with Crippen molar-refractivity contribution in [1.82, 2.24) is 4.90 Å². The van der Waals surface area contributed by atoms with Crippen LogP contribution in [0.25, 0.3) is 0 Å². The van der Waals surface area contributed by atoms with Crippen molar-refractivity contribution in [2.75, 3.05) is 20.8 Å². The van der Waals surface area contributed by atoms with Crippen molar-refractivity contribution in [1.29, 1.82) is 0 Å². The quantitative estimate of drug-likeness (QED) is 0.906. The lowest BCUT2D eigenvalue weighted by Crippen LogP contribution is -2.42. The molecule has 0 saturated carbocycles. The number of carbonyl (C=O) groups is 1. The molecule has 2 saturated heterocycles. The minimum atomic E-state index is -0.130. The highest BCUT2D eigenvalue weighted by Gasteiger charge is 2.56. The molecule has 1 N–H and O–H groups in total. The molecule has 126 valence electrons. The largest absolute Gasteiger partial charge is 0.493 e. The third-order valence-corrected chi connectivity index (χ3v) is 5.74. The van der Waals surface area contributed by atoms with E-state index in [2.05, 4.69) is 6.92 Å². The van der Waals surface area contributed by atoms with Crippen molar-refractivity contribution in [3.63, 3.8) is 0 Å². The summed E-state index contributed by atoms with van der Waals surface area (Å²) in [6.07, 6.45) is 3.83. The number of benzene rings is 1. The van der Waals surface area contributed by atoms with E-state index in [1.165, 1.54) is 0 Å². The second kappa shape index (κ2) is 6.04. The molecule has 0 radical (unpaired) electrons. The third kappa shape index (κ3) is 2.38. The van der Waals surface area contributed by atoms with Crippen LogP contribution in [0.2, 0.25) is 0 Å². The summed E-state index contributed by atoms with van der Waals surface area (Å²) in [4.78, 5) is 15.0. The lowest BCUT2D eigenvalue weighted by molar-refractivity contribution is 0.0556. The molecule has 1 aromatic carbocycles. The van der Waals surface area contributed by atoms with Gasteiger partial charge in [-0.15, -0.1) is 0 Å². The van der Waals surface area contributed by atoms with Crippen LogP contribution in [0.4, 0.5) is 0 Å². The van der Waals surface area contributed by atoms with E-state index in [0.29, 0.717) is 17.1 Å². The van der Waals surface area contributed by atoms with Gasteiger partial charge >= 0.3 is 0 Å². The monoisotopic (exact) mass is 319 g/mol. The van der Waals surface area contributed by atoms with Gasteiger partial charge in [-0.1, -0.05) is 6.92 Å². The Balaban J connectivity index is 1.90. The van der Waals surface area contributed by atoms with Gasteiger partial charge in [0.2, 0.25) is 0 Å². The van der Waals surface area contributed by atoms with Gasteiger partial charge in [0, 0.05) is 23.1 Å². The zero-order chi connectivity index (χ0) is 16.6. The SMILES string of the molecule is CC[C@@]1(CO)C[C@@H]2CC[C@H]1N2C(=O)c1ccc(OC)c(OC)c1. The van der Waals surface area contributed by atoms with E-state index in [9.17, 15) is 9.90 Å². The molecule has 0 aliphatic carbocycles. The summed E-state index contributed by atoms with van der Waals surface area (Å²) < 4.78 is 10.5. The number of methoxy groups -OCH3 is 2. The number of rotatable bonds is 5. The van der Waals surface area contributed by atoms with Crippen molar-refractivity contribution >= 4 is 5.91 Å². The van der Waals surface area contributed by atoms with Crippen LogP contribution in [0.1, 0.15) is 43.0 Å². The number of aliphatic hydroxyl groups is 1. The number of nitrogens with zero attached hydrogens (tertiary/aromatic N) is 1. The van der Waals surface area contributed by atoms with Crippen LogP contribution < -0.4 is 9.47 Å². The molecule has 0 unspecified atom stereocenters. The van der Waals surface area contributed by atoms with Gasteiger partial charge in [0.05, 0.1) is 20.8 Å². The minimum Gasteiger partial charge on any atom is -0.493 e. The number of ether oxygens (including phenoxy) is 2. The average Bonchev–Trinajstić information content (AvgIpc) is 3.16. The van der Waals surface area contributed by atoms with Gasteiger partial charge in [-0.3, -0.25) is 4.79 Å². The van der Waals surface area contributed by atoms with Gasteiger partial charge in [-0.25, -0.2) is 0 Å². The number of fused-ring (bicyclic) bond motifs is 2. The molecule has 5 nitrogen and oxygen atoms in total. The fraction of sp³-hybridized carbons (Fsp3) is 0.611. The Morgan fingerprint density at radius 1 is 1.30 bits per heavy atom. The Morgan fingerprint density at radius 3 is 2.61 bits per heavy atom. The number of hydrogen-bond donors (Lipinski definition) is 1. The zero-order valence-corrected chi connectivity index (χ0v) is 14.0. The summed E-state index contributed by atoms with van der Waals surface area (Å²) in [5.74, 6) is 1.21. The van der Waals surface area contributed by atoms with Crippen molar-refractivity contribution in [3.8, 4) is 11.5 Å². The van der Waals surface area contributed by atoms with Gasteiger partial charge < -0.3 is 19.5 Å². The Kier molecular flexibility index (Phi) is 4.23. The first kappa shape index (κ1) is 16.1. The highest BCUT2D eigenvalue weighted by Crippen LogP contribution is 2.52. The molecular weight excluding hydrogens is 294 g/mol. The second-order valence-corrected chi connectivity index (χ2v) is 6.61. The smallest absolute Gasteiger partial charge is 0.254 e. The molecule has 3 rings (SSSR count). The van der Waals surface area contributed by atoms with Crippen molar-refractivity contribution in [3.05, 3.63) is 23.8 Å². The molecular formula is C18H25NO4. The van der Waals surface area contributed by atoms with Crippen LogP contribution in [-0.2, 0) is 0 Å². The van der Waals surface area contributed by atoms with Crippen molar-refractivity contribution < 1.29 is 19.4 Å². The van der Waals surface area contributed by atoms with Gasteiger partial charge in [-0.2, -0.15) is 0 Å². The number of carbonyl (C=O) groups excluding carboxylic acids is 1. The van der Waals surface area contributed by atoms with Crippen LogP contribution in [0, 0.1) is 5.41 Å². The maximum Gasteiger partial charge on any atom is 0.254 e. The minimum absolute atomic E-state index is 0.0298. The van der Waals surface area contributed by atoms with Crippen LogP contribution in [-0.4, -0.2) is 48.8 Å². The summed E-state index contributed by atoms with van der Waals surface area (Å²) in [7, 11) is 3.15. The maximum absolute atomic E-state index is 13.0. The highest BCUT2D eigenvalue weighted by atomic mass is 16.5.